The average Bonchev–Trinajstić information content (AvgIpc) is 3.30. The molecule has 0 aliphatic heterocycles. The predicted octanol–water partition coefficient (Wildman–Crippen LogP) is 2.92. The summed E-state index contributed by atoms with van der Waals surface area (Å²) < 4.78 is 5.57. The molecule has 2 amide bonds. The van der Waals surface area contributed by atoms with Crippen molar-refractivity contribution in [1.29, 1.82) is 0 Å². The van der Waals surface area contributed by atoms with Crippen LogP contribution in [0.1, 0.15) is 16.1 Å². The fourth-order valence-electron chi connectivity index (χ4n) is 2.89. The van der Waals surface area contributed by atoms with Crippen molar-refractivity contribution in [2.24, 2.45) is 0 Å². The maximum atomic E-state index is 12.2. The molecule has 2 heterocycles. The highest BCUT2D eigenvalue weighted by Crippen LogP contribution is 2.29. The Morgan fingerprint density at radius 1 is 1.00 bits per heavy atom. The van der Waals surface area contributed by atoms with Gasteiger partial charge >= 0.3 is 0 Å². The zero-order chi connectivity index (χ0) is 17.2. The molecule has 4 rings (SSSR count). The molecule has 2 aromatic heterocycles. The summed E-state index contributed by atoms with van der Waals surface area (Å²) in [5, 5.41) is 3.04. The summed E-state index contributed by atoms with van der Waals surface area (Å²) in [5.41, 5.74) is 6.69. The minimum atomic E-state index is -0.402. The third kappa shape index (κ3) is 2.85. The van der Waals surface area contributed by atoms with Gasteiger partial charge in [0.1, 0.15) is 11.3 Å². The van der Waals surface area contributed by atoms with Gasteiger partial charge in [-0.05, 0) is 29.0 Å². The average molecular weight is 333 g/mol. The third-order valence-electron chi connectivity index (χ3n) is 4.05. The van der Waals surface area contributed by atoms with E-state index in [1.807, 2.05) is 36.4 Å². The van der Waals surface area contributed by atoms with Gasteiger partial charge in [0.05, 0.1) is 12.7 Å². The number of fused-ring (bicyclic) bond motifs is 3. The molecule has 6 heteroatoms. The number of rotatable bonds is 3. The SMILES string of the molecule is O=C(Cc1coc2ccc3ccccc3c12)NNC(=O)c1ccc[nH]1. The van der Waals surface area contributed by atoms with E-state index in [2.05, 4.69) is 15.8 Å². The Kier molecular flexibility index (Phi) is 3.70. The molecular weight excluding hydrogens is 318 g/mol. The van der Waals surface area contributed by atoms with Crippen LogP contribution in [0.15, 0.2) is 65.4 Å². The molecule has 0 aliphatic carbocycles. The molecule has 2 aromatic carbocycles. The second-order valence-electron chi connectivity index (χ2n) is 5.68. The lowest BCUT2D eigenvalue weighted by molar-refractivity contribution is -0.121. The van der Waals surface area contributed by atoms with Crippen molar-refractivity contribution in [2.75, 3.05) is 0 Å². The molecule has 0 fully saturated rings. The maximum absolute atomic E-state index is 12.2. The molecule has 0 spiro atoms. The van der Waals surface area contributed by atoms with E-state index in [-0.39, 0.29) is 12.3 Å². The Morgan fingerprint density at radius 2 is 1.88 bits per heavy atom. The van der Waals surface area contributed by atoms with E-state index in [9.17, 15) is 9.59 Å². The Balaban J connectivity index is 1.53. The van der Waals surface area contributed by atoms with Gasteiger partial charge in [0.15, 0.2) is 0 Å². The molecule has 6 nitrogen and oxygen atoms in total. The fourth-order valence-corrected chi connectivity index (χ4v) is 2.89. The number of nitrogens with one attached hydrogen (secondary N) is 3. The Labute approximate surface area is 142 Å². The van der Waals surface area contributed by atoms with Gasteiger partial charge in [0.25, 0.3) is 5.91 Å². The number of H-pyrrole nitrogens is 1. The van der Waals surface area contributed by atoms with Crippen molar-refractivity contribution < 1.29 is 14.0 Å². The fraction of sp³-hybridized carbons (Fsp3) is 0.0526. The van der Waals surface area contributed by atoms with Crippen LogP contribution >= 0.6 is 0 Å². The van der Waals surface area contributed by atoms with Crippen molar-refractivity contribution in [2.45, 2.75) is 6.42 Å². The van der Waals surface area contributed by atoms with E-state index in [0.717, 1.165) is 27.3 Å². The number of hydrogen-bond acceptors (Lipinski definition) is 3. The normalized spacial score (nSPS) is 10.9. The first-order chi connectivity index (χ1) is 12.2. The lowest BCUT2D eigenvalue weighted by Gasteiger charge is -2.06. The third-order valence-corrected chi connectivity index (χ3v) is 4.05. The molecule has 0 atom stereocenters. The molecule has 0 saturated carbocycles. The standard InChI is InChI=1S/C19H15N3O3/c23-17(21-22-19(24)15-6-3-9-20-15)10-13-11-25-16-8-7-12-4-1-2-5-14(12)18(13)16/h1-9,11,20H,10H2,(H,21,23)(H,22,24). The topological polar surface area (TPSA) is 87.1 Å². The number of benzene rings is 2. The second kappa shape index (κ2) is 6.16. The summed E-state index contributed by atoms with van der Waals surface area (Å²) in [5.74, 6) is -0.726. The van der Waals surface area contributed by atoms with E-state index in [4.69, 9.17) is 4.42 Å². The van der Waals surface area contributed by atoms with Crippen LogP contribution < -0.4 is 10.9 Å². The highest BCUT2D eigenvalue weighted by atomic mass is 16.3. The molecule has 3 N–H and O–H groups in total. The lowest BCUT2D eigenvalue weighted by Crippen LogP contribution is -2.42. The Bertz CT molecular complexity index is 1060. The molecule has 0 aliphatic rings. The summed E-state index contributed by atoms with van der Waals surface area (Å²) in [4.78, 5) is 26.8. The molecule has 0 radical (unpaired) electrons. The van der Waals surface area contributed by atoms with Crippen LogP contribution in [0.5, 0.6) is 0 Å². The number of carbonyl (C=O) groups is 2. The highest BCUT2D eigenvalue weighted by Gasteiger charge is 2.14. The second-order valence-corrected chi connectivity index (χ2v) is 5.68. The Hall–Kier alpha value is -3.54. The highest BCUT2D eigenvalue weighted by molar-refractivity contribution is 6.08. The van der Waals surface area contributed by atoms with Gasteiger partial charge in [0.2, 0.25) is 5.91 Å². The molecule has 0 saturated heterocycles. The molecule has 4 aromatic rings. The van der Waals surface area contributed by atoms with Gasteiger partial charge in [-0.1, -0.05) is 30.3 Å². The van der Waals surface area contributed by atoms with Crippen LogP contribution in [0.4, 0.5) is 0 Å². The van der Waals surface area contributed by atoms with Gasteiger partial charge in [-0.2, -0.15) is 0 Å². The number of amides is 2. The van der Waals surface area contributed by atoms with Gasteiger partial charge in [-0.15, -0.1) is 0 Å². The van der Waals surface area contributed by atoms with Crippen LogP contribution in [-0.2, 0) is 11.2 Å². The van der Waals surface area contributed by atoms with Gasteiger partial charge in [-0.25, -0.2) is 0 Å². The largest absolute Gasteiger partial charge is 0.464 e. The molecule has 25 heavy (non-hydrogen) atoms. The number of hydrogen-bond donors (Lipinski definition) is 3. The maximum Gasteiger partial charge on any atom is 0.286 e. The quantitative estimate of drug-likeness (QED) is 0.504. The minimum absolute atomic E-state index is 0.103. The molecule has 124 valence electrons. The van der Waals surface area contributed by atoms with Crippen LogP contribution in [0.3, 0.4) is 0 Å². The van der Waals surface area contributed by atoms with Crippen LogP contribution in [0.25, 0.3) is 21.7 Å². The van der Waals surface area contributed by atoms with Crippen molar-refractivity contribution in [1.82, 2.24) is 15.8 Å². The van der Waals surface area contributed by atoms with Crippen LogP contribution in [0.2, 0.25) is 0 Å². The zero-order valence-electron chi connectivity index (χ0n) is 13.2. The van der Waals surface area contributed by atoms with Gasteiger partial charge < -0.3 is 9.40 Å². The number of aromatic amines is 1. The first-order valence-electron chi connectivity index (χ1n) is 7.83. The predicted molar refractivity (Wildman–Crippen MR) is 93.8 cm³/mol. The van der Waals surface area contributed by atoms with Gasteiger partial charge in [0, 0.05) is 17.1 Å². The van der Waals surface area contributed by atoms with Crippen molar-refractivity contribution >= 4 is 33.6 Å². The van der Waals surface area contributed by atoms with E-state index in [1.54, 1.807) is 24.6 Å². The molecule has 0 bridgehead atoms. The minimum Gasteiger partial charge on any atom is -0.464 e. The number of furan rings is 1. The van der Waals surface area contributed by atoms with E-state index in [0.29, 0.717) is 5.69 Å². The van der Waals surface area contributed by atoms with E-state index < -0.39 is 5.91 Å². The van der Waals surface area contributed by atoms with Crippen LogP contribution in [0, 0.1) is 0 Å². The van der Waals surface area contributed by atoms with E-state index in [1.165, 1.54) is 0 Å². The summed E-state index contributed by atoms with van der Waals surface area (Å²) in [6.45, 7) is 0. The number of carbonyl (C=O) groups excluding carboxylic acids is 2. The monoisotopic (exact) mass is 333 g/mol. The van der Waals surface area contributed by atoms with E-state index >= 15 is 0 Å². The van der Waals surface area contributed by atoms with Crippen LogP contribution in [-0.4, -0.2) is 16.8 Å². The summed E-state index contributed by atoms with van der Waals surface area (Å²) >= 11 is 0. The summed E-state index contributed by atoms with van der Waals surface area (Å²) in [6, 6.07) is 15.2. The van der Waals surface area contributed by atoms with Gasteiger partial charge in [-0.3, -0.25) is 20.4 Å². The summed E-state index contributed by atoms with van der Waals surface area (Å²) in [7, 11) is 0. The number of aromatic nitrogens is 1. The van der Waals surface area contributed by atoms with Crippen molar-refractivity contribution in [3.8, 4) is 0 Å². The van der Waals surface area contributed by atoms with Crippen molar-refractivity contribution in [3.05, 3.63) is 72.2 Å². The molecule has 0 unspecified atom stereocenters. The molecular formula is C19H15N3O3. The summed E-state index contributed by atoms with van der Waals surface area (Å²) in [6.07, 6.45) is 3.33. The Morgan fingerprint density at radius 3 is 2.72 bits per heavy atom. The lowest BCUT2D eigenvalue weighted by atomic mass is 10.0. The van der Waals surface area contributed by atoms with Crippen molar-refractivity contribution in [3.63, 3.8) is 0 Å². The smallest absolute Gasteiger partial charge is 0.286 e. The first kappa shape index (κ1) is 15.0. The zero-order valence-corrected chi connectivity index (χ0v) is 13.2. The first-order valence-corrected chi connectivity index (χ1v) is 7.83. The number of hydrazine groups is 1.